The van der Waals surface area contributed by atoms with Gasteiger partial charge in [0.1, 0.15) is 24.7 Å². The maximum atomic E-state index is 14.2. The molecule has 2 N–H and O–H groups in total. The molecule has 73 heavy (non-hydrogen) atoms. The van der Waals surface area contributed by atoms with Crippen molar-refractivity contribution in [2.45, 2.75) is 65.1 Å². The van der Waals surface area contributed by atoms with Crippen LogP contribution in [0.5, 0.6) is 11.6 Å². The summed E-state index contributed by atoms with van der Waals surface area (Å²) in [5.74, 6) is -1.57. The normalized spacial score (nSPS) is 17.8. The van der Waals surface area contributed by atoms with Gasteiger partial charge in [-0.3, -0.25) is 24.5 Å². The van der Waals surface area contributed by atoms with Crippen LogP contribution in [0.25, 0.3) is 22.1 Å². The number of anilines is 1. The molecule has 2 amide bonds. The van der Waals surface area contributed by atoms with Crippen LogP contribution in [0, 0.1) is 34.8 Å². The highest BCUT2D eigenvalue weighted by Crippen LogP contribution is 2.41. The number of allylic oxidation sites excluding steroid dienone is 2. The number of aliphatic hydroxyl groups is 1. The number of fused-ring (bicyclic) bond motifs is 1. The van der Waals surface area contributed by atoms with Crippen LogP contribution in [0.1, 0.15) is 79.3 Å². The minimum Gasteiger partial charge on any atom is -0.491 e. The van der Waals surface area contributed by atoms with Crippen molar-refractivity contribution in [3.8, 4) is 22.1 Å². The number of benzene rings is 4. The largest absolute Gasteiger partial charge is 0.491 e. The molecule has 1 aliphatic carbocycles. The van der Waals surface area contributed by atoms with Gasteiger partial charge in [-0.1, -0.05) is 80.6 Å². The van der Waals surface area contributed by atoms with Gasteiger partial charge in [0.2, 0.25) is 5.91 Å². The first-order chi connectivity index (χ1) is 35.3. The lowest BCUT2D eigenvalue weighted by molar-refractivity contribution is -0.384. The second-order valence-corrected chi connectivity index (χ2v) is 19.3. The fraction of sp³-hybridized carbons (Fsp3) is 0.339. The Morgan fingerprint density at radius 1 is 0.904 bits per heavy atom. The molecule has 2 aliphatic rings. The predicted octanol–water partition coefficient (Wildman–Crippen LogP) is 9.72. The first-order valence-corrected chi connectivity index (χ1v) is 25.3. The lowest BCUT2D eigenvalue weighted by atomic mass is 9.79. The van der Waals surface area contributed by atoms with Gasteiger partial charge in [0, 0.05) is 35.3 Å². The lowest BCUT2D eigenvalue weighted by Gasteiger charge is -2.25. The molecule has 6 aromatic rings. The van der Waals surface area contributed by atoms with E-state index in [1.165, 1.54) is 12.1 Å². The van der Waals surface area contributed by atoms with Crippen molar-refractivity contribution in [3.05, 3.63) is 165 Å². The van der Waals surface area contributed by atoms with Crippen LogP contribution >= 0.6 is 11.3 Å². The maximum Gasteiger partial charge on any atom is 0.269 e. The zero-order chi connectivity index (χ0) is 51.4. The molecule has 16 nitrogen and oxygen atoms in total. The number of aryl methyl sites for hydroxylation is 1. The number of nitro groups is 1. The van der Waals surface area contributed by atoms with Gasteiger partial charge in [0.05, 0.1) is 83.6 Å². The zero-order valence-electron chi connectivity index (χ0n) is 41.2. The van der Waals surface area contributed by atoms with Gasteiger partial charge < -0.3 is 38.8 Å². The Morgan fingerprint density at radius 3 is 2.27 bits per heavy atom. The Kier molecular flexibility index (Phi) is 17.4. The van der Waals surface area contributed by atoms with Crippen LogP contribution in [-0.2, 0) is 30.4 Å². The van der Waals surface area contributed by atoms with Crippen LogP contribution in [0.4, 0.5) is 11.4 Å². The van der Waals surface area contributed by atoms with Crippen LogP contribution in [0.2, 0.25) is 0 Å². The molecule has 0 radical (unpaired) electrons. The Labute approximate surface area is 427 Å². The highest BCUT2D eigenvalue weighted by Gasteiger charge is 2.46. The fourth-order valence-corrected chi connectivity index (χ4v) is 10.1. The molecule has 5 atom stereocenters. The molecular weight excluding hydrogens is 951 g/mol. The third-order valence-electron chi connectivity index (χ3n) is 13.0. The summed E-state index contributed by atoms with van der Waals surface area (Å²) in [6.45, 7) is 9.89. The topological polar surface area (TPSA) is 206 Å². The number of carbonyl (C=O) groups excluding carboxylic acids is 3. The summed E-state index contributed by atoms with van der Waals surface area (Å²) in [6, 6.07) is 30.7. The number of hydrogen-bond donors (Lipinski definition) is 2. The van der Waals surface area contributed by atoms with Gasteiger partial charge in [0.25, 0.3) is 17.5 Å². The summed E-state index contributed by atoms with van der Waals surface area (Å²) in [5, 5.41) is 28.8. The van der Waals surface area contributed by atoms with Crippen LogP contribution < -0.4 is 19.7 Å². The van der Waals surface area contributed by atoms with Gasteiger partial charge in [0.15, 0.2) is 5.76 Å². The Bertz CT molecular complexity index is 2910. The third kappa shape index (κ3) is 13.0. The molecule has 1 saturated carbocycles. The third-order valence-corrected chi connectivity index (χ3v) is 14.0. The molecule has 8 rings (SSSR count). The number of Topliss-reactive ketones (excluding diaryl/α,β-unsaturated/α-hetero) is 1. The minimum atomic E-state index is -0.775. The number of ketones is 1. The highest BCUT2D eigenvalue weighted by atomic mass is 32.1. The molecule has 2 aromatic heterocycles. The number of ether oxygens (including phenoxy) is 4. The van der Waals surface area contributed by atoms with E-state index < -0.39 is 28.8 Å². The first kappa shape index (κ1) is 52.0. The van der Waals surface area contributed by atoms with Gasteiger partial charge >= 0.3 is 0 Å². The molecule has 0 bridgehead atoms. The second-order valence-electron chi connectivity index (χ2n) is 18.4. The van der Waals surface area contributed by atoms with E-state index in [4.69, 9.17) is 23.5 Å². The molecular formula is C56H59N5O11S. The van der Waals surface area contributed by atoms with Gasteiger partial charge in [-0.05, 0) is 96.4 Å². The highest BCUT2D eigenvalue weighted by molar-refractivity contribution is 7.13. The van der Waals surface area contributed by atoms with E-state index in [1.807, 2.05) is 106 Å². The van der Waals surface area contributed by atoms with Crippen molar-refractivity contribution in [1.82, 2.24) is 15.5 Å². The van der Waals surface area contributed by atoms with Crippen molar-refractivity contribution in [1.29, 1.82) is 0 Å². The average molecular weight is 1010 g/mol. The van der Waals surface area contributed by atoms with E-state index in [1.54, 1.807) is 52.7 Å². The minimum absolute atomic E-state index is 0.0177. The monoisotopic (exact) mass is 1010 g/mol. The average Bonchev–Trinajstić information content (AvgIpc) is 4.19. The molecule has 1 unspecified atom stereocenters. The van der Waals surface area contributed by atoms with Gasteiger partial charge in [-0.2, -0.15) is 0 Å². The van der Waals surface area contributed by atoms with E-state index >= 15 is 0 Å². The van der Waals surface area contributed by atoms with E-state index in [-0.39, 0.29) is 67.2 Å². The number of nitro benzene ring substituents is 1. The molecule has 3 heterocycles. The summed E-state index contributed by atoms with van der Waals surface area (Å²) >= 11 is 1.58. The first-order valence-electron chi connectivity index (χ1n) is 24.4. The van der Waals surface area contributed by atoms with Crippen molar-refractivity contribution in [3.63, 3.8) is 0 Å². The smallest absolute Gasteiger partial charge is 0.269 e. The molecule has 1 aliphatic heterocycles. The predicted molar refractivity (Wildman–Crippen MR) is 277 cm³/mol. The Balaban J connectivity index is 0.721. The SMILES string of the molecule is Cc1ncsc1-c1ccc([C@H](C)NC(=O)[C@@H]2C[C@@H](O)CC2C(=O)[C@@H](c2cc(OCCOCCOCCOc3ccc(CN4C(=O)/C(=C\C=C\c5ccc([N+](=O)[O-])cc5)c5ccccc54)cc3)no2)C(C)C)cc1. The van der Waals surface area contributed by atoms with Crippen LogP contribution in [0.3, 0.4) is 0 Å². The number of nitrogens with zero attached hydrogens (tertiary/aromatic N) is 4. The Morgan fingerprint density at radius 2 is 1.59 bits per heavy atom. The fourth-order valence-electron chi connectivity index (χ4n) is 9.24. The molecule has 1 fully saturated rings. The summed E-state index contributed by atoms with van der Waals surface area (Å²) in [7, 11) is 0. The van der Waals surface area contributed by atoms with Gasteiger partial charge in [-0.25, -0.2) is 4.98 Å². The number of hydrogen-bond acceptors (Lipinski definition) is 14. The molecule has 4 aromatic carbocycles. The maximum absolute atomic E-state index is 14.2. The number of thiazole rings is 1. The molecule has 0 saturated heterocycles. The van der Waals surface area contributed by atoms with Crippen molar-refractivity contribution in [2.24, 2.45) is 17.8 Å². The number of non-ortho nitro benzene ring substituents is 1. The quantitative estimate of drug-likeness (QED) is 0.0251. The van der Waals surface area contributed by atoms with Gasteiger partial charge in [-0.15, -0.1) is 11.3 Å². The van der Waals surface area contributed by atoms with Crippen molar-refractivity contribution < 1.29 is 47.9 Å². The second kappa shape index (κ2) is 24.4. The summed E-state index contributed by atoms with van der Waals surface area (Å²) in [5.41, 5.74) is 8.73. The number of nitrogens with one attached hydrogen (secondary N) is 1. The number of aliphatic hydroxyl groups excluding tert-OH is 1. The molecule has 380 valence electrons. The van der Waals surface area contributed by atoms with Crippen LogP contribution in [0.15, 0.2) is 125 Å². The van der Waals surface area contributed by atoms with E-state index in [2.05, 4.69) is 15.5 Å². The summed E-state index contributed by atoms with van der Waals surface area (Å²) in [4.78, 5) is 59.2. The van der Waals surface area contributed by atoms with E-state index in [0.717, 1.165) is 44.1 Å². The zero-order valence-corrected chi connectivity index (χ0v) is 42.0. The molecule has 0 spiro atoms. The number of rotatable bonds is 24. The van der Waals surface area contributed by atoms with Crippen molar-refractivity contribution in [2.75, 3.05) is 44.5 Å². The number of amides is 2. The van der Waals surface area contributed by atoms with E-state index in [9.17, 15) is 29.6 Å². The number of carbonyl (C=O) groups is 3. The lowest BCUT2D eigenvalue weighted by Crippen LogP contribution is -2.38. The number of para-hydroxylation sites is 1. The summed E-state index contributed by atoms with van der Waals surface area (Å²) in [6.07, 6.45) is 4.96. The summed E-state index contributed by atoms with van der Waals surface area (Å²) < 4.78 is 28.6. The standard InChI is InChI=1S/C56H59N5O11S/c1-35(2)52(53(63)47-30-43(62)31-48(47)55(64)58-36(3)40-16-18-41(19-17-40)54-37(4)57-34-73-54)50-32-51(59-72-50)71-29-27-69-25-24-68-26-28-70-44-22-14-39(15-23-44)33-60-49-11-6-5-9-45(49)46(56(60)65)10-7-8-38-12-20-42(21-13-38)61(66)67/h5-23,32,34-36,43,47-48,52,62H,24-31,33H2,1-4H3,(H,58,64)/b8-7+,46-10-/t36-,43-,47?,48+,52+/m0/s1. The van der Waals surface area contributed by atoms with Crippen molar-refractivity contribution >= 4 is 52.0 Å². The number of aromatic nitrogens is 2. The Hall–Kier alpha value is -7.31. The van der Waals surface area contributed by atoms with Crippen LogP contribution in [-0.4, -0.2) is 83.5 Å². The van der Waals surface area contributed by atoms with E-state index in [0.29, 0.717) is 50.1 Å². The molecule has 17 heteroatoms.